The van der Waals surface area contributed by atoms with Gasteiger partial charge in [0, 0.05) is 6.61 Å². The predicted octanol–water partition coefficient (Wildman–Crippen LogP) is 1.58. The lowest BCUT2D eigenvalue weighted by Gasteiger charge is -2.41. The van der Waals surface area contributed by atoms with Crippen LogP contribution in [0.5, 0.6) is 0 Å². The topological polar surface area (TPSA) is 38.8 Å². The van der Waals surface area contributed by atoms with Crippen LogP contribution in [0.25, 0.3) is 0 Å². The fourth-order valence-electron chi connectivity index (χ4n) is 2.95. The molecule has 17 heavy (non-hydrogen) atoms. The zero-order valence-electron chi connectivity index (χ0n) is 10.7. The Labute approximate surface area is 103 Å². The molecule has 0 bridgehead atoms. The van der Waals surface area contributed by atoms with Crippen molar-refractivity contribution >= 4 is 5.97 Å². The molecular weight excluding hydrogens is 218 g/mol. The van der Waals surface area contributed by atoms with Crippen LogP contribution in [0.4, 0.5) is 0 Å². The third-order valence-corrected chi connectivity index (χ3v) is 3.89. The van der Waals surface area contributed by atoms with Crippen molar-refractivity contribution in [3.8, 4) is 0 Å². The van der Waals surface area contributed by atoms with Crippen molar-refractivity contribution in [3.63, 3.8) is 0 Å². The summed E-state index contributed by atoms with van der Waals surface area (Å²) in [6, 6.07) is 0. The van der Waals surface area contributed by atoms with Crippen LogP contribution in [0.3, 0.4) is 0 Å². The van der Waals surface area contributed by atoms with E-state index < -0.39 is 0 Å². The molecule has 2 saturated heterocycles. The van der Waals surface area contributed by atoms with E-state index in [9.17, 15) is 4.79 Å². The van der Waals surface area contributed by atoms with Crippen molar-refractivity contribution in [2.75, 3.05) is 32.9 Å². The third-order valence-electron chi connectivity index (χ3n) is 3.89. The lowest BCUT2D eigenvalue weighted by atomic mass is 9.90. The quantitative estimate of drug-likeness (QED) is 0.701. The number of esters is 1. The fourth-order valence-corrected chi connectivity index (χ4v) is 2.95. The van der Waals surface area contributed by atoms with Gasteiger partial charge in [-0.25, -0.2) is 0 Å². The van der Waals surface area contributed by atoms with Crippen LogP contribution in [-0.4, -0.2) is 49.3 Å². The number of nitrogens with zero attached hydrogens (tertiary/aromatic N) is 1. The average molecular weight is 241 g/mol. The van der Waals surface area contributed by atoms with Crippen molar-refractivity contribution in [2.24, 2.45) is 0 Å². The molecule has 1 atom stereocenters. The average Bonchev–Trinajstić information content (AvgIpc) is 2.80. The largest absolute Gasteiger partial charge is 0.466 e. The van der Waals surface area contributed by atoms with Crippen molar-refractivity contribution in [2.45, 2.75) is 44.6 Å². The molecule has 4 heteroatoms. The van der Waals surface area contributed by atoms with Crippen LogP contribution in [0, 0.1) is 0 Å². The van der Waals surface area contributed by atoms with Crippen LogP contribution in [-0.2, 0) is 14.3 Å². The van der Waals surface area contributed by atoms with Gasteiger partial charge in [-0.2, -0.15) is 0 Å². The standard InChI is InChI=1S/C13H23NO3/c1-2-17-12(15)10-13(6-9-16-11-13)14-7-4-3-5-8-14/h2-11H2,1H3. The van der Waals surface area contributed by atoms with Crippen LogP contribution < -0.4 is 0 Å². The monoisotopic (exact) mass is 241 g/mol. The summed E-state index contributed by atoms with van der Waals surface area (Å²) >= 11 is 0. The maximum atomic E-state index is 11.7. The molecule has 0 saturated carbocycles. The highest BCUT2D eigenvalue weighted by molar-refractivity contribution is 5.71. The second kappa shape index (κ2) is 5.83. The molecule has 2 aliphatic heterocycles. The number of piperidine rings is 1. The van der Waals surface area contributed by atoms with E-state index in [4.69, 9.17) is 9.47 Å². The molecule has 0 spiro atoms. The van der Waals surface area contributed by atoms with E-state index in [-0.39, 0.29) is 11.5 Å². The third kappa shape index (κ3) is 2.99. The summed E-state index contributed by atoms with van der Waals surface area (Å²) in [5.41, 5.74) is -0.0767. The maximum absolute atomic E-state index is 11.7. The molecule has 0 aromatic rings. The zero-order chi connectivity index (χ0) is 12.1. The van der Waals surface area contributed by atoms with Crippen LogP contribution in [0.2, 0.25) is 0 Å². The van der Waals surface area contributed by atoms with E-state index in [1.807, 2.05) is 6.92 Å². The number of carbonyl (C=O) groups excluding carboxylic acids is 1. The van der Waals surface area contributed by atoms with Gasteiger partial charge < -0.3 is 9.47 Å². The summed E-state index contributed by atoms with van der Waals surface area (Å²) in [5.74, 6) is -0.0800. The number of likely N-dealkylation sites (tertiary alicyclic amines) is 1. The van der Waals surface area contributed by atoms with Gasteiger partial charge in [0.2, 0.25) is 0 Å². The summed E-state index contributed by atoms with van der Waals surface area (Å²) in [6.45, 7) is 5.99. The normalized spacial score (nSPS) is 30.4. The van der Waals surface area contributed by atoms with Crippen molar-refractivity contribution in [1.82, 2.24) is 4.90 Å². The second-order valence-corrected chi connectivity index (χ2v) is 5.06. The molecule has 2 fully saturated rings. The summed E-state index contributed by atoms with van der Waals surface area (Å²) in [5, 5.41) is 0. The Kier molecular flexibility index (Phi) is 4.40. The van der Waals surface area contributed by atoms with Crippen molar-refractivity contribution in [1.29, 1.82) is 0 Å². The number of ether oxygens (including phenoxy) is 2. The van der Waals surface area contributed by atoms with Crippen LogP contribution in [0.15, 0.2) is 0 Å². The van der Waals surface area contributed by atoms with Crippen molar-refractivity contribution in [3.05, 3.63) is 0 Å². The van der Waals surface area contributed by atoms with Gasteiger partial charge in [-0.3, -0.25) is 9.69 Å². The van der Waals surface area contributed by atoms with Gasteiger partial charge in [0.1, 0.15) is 0 Å². The Balaban J connectivity index is 2.00. The minimum Gasteiger partial charge on any atom is -0.466 e. The molecule has 0 radical (unpaired) electrons. The fraction of sp³-hybridized carbons (Fsp3) is 0.923. The molecule has 2 heterocycles. The Morgan fingerprint density at radius 2 is 2.12 bits per heavy atom. The van der Waals surface area contributed by atoms with Gasteiger partial charge >= 0.3 is 5.97 Å². The smallest absolute Gasteiger partial charge is 0.307 e. The van der Waals surface area contributed by atoms with Crippen molar-refractivity contribution < 1.29 is 14.3 Å². The minimum atomic E-state index is -0.0800. The zero-order valence-corrected chi connectivity index (χ0v) is 10.7. The van der Waals surface area contributed by atoms with Crippen LogP contribution in [0.1, 0.15) is 39.0 Å². The summed E-state index contributed by atoms with van der Waals surface area (Å²) in [6.07, 6.45) is 5.24. The molecular formula is C13H23NO3. The molecule has 98 valence electrons. The molecule has 2 rings (SSSR count). The Morgan fingerprint density at radius 1 is 1.35 bits per heavy atom. The highest BCUT2D eigenvalue weighted by Crippen LogP contribution is 2.32. The lowest BCUT2D eigenvalue weighted by Crippen LogP contribution is -2.53. The van der Waals surface area contributed by atoms with Gasteiger partial charge in [-0.1, -0.05) is 6.42 Å². The minimum absolute atomic E-state index is 0.0767. The second-order valence-electron chi connectivity index (χ2n) is 5.06. The highest BCUT2D eigenvalue weighted by atomic mass is 16.5. The number of hydrogen-bond acceptors (Lipinski definition) is 4. The molecule has 0 aliphatic carbocycles. The van der Waals surface area contributed by atoms with E-state index in [1.165, 1.54) is 19.3 Å². The molecule has 0 N–H and O–H groups in total. The van der Waals surface area contributed by atoms with Crippen LogP contribution >= 0.6 is 0 Å². The molecule has 0 aromatic heterocycles. The first-order valence-corrected chi connectivity index (χ1v) is 6.75. The van der Waals surface area contributed by atoms with E-state index in [1.54, 1.807) is 0 Å². The van der Waals surface area contributed by atoms with E-state index in [2.05, 4.69) is 4.90 Å². The van der Waals surface area contributed by atoms with E-state index >= 15 is 0 Å². The molecule has 4 nitrogen and oxygen atoms in total. The lowest BCUT2D eigenvalue weighted by molar-refractivity contribution is -0.147. The van der Waals surface area contributed by atoms with E-state index in [0.29, 0.717) is 19.6 Å². The summed E-state index contributed by atoms with van der Waals surface area (Å²) < 4.78 is 10.6. The Hall–Kier alpha value is -0.610. The first-order chi connectivity index (χ1) is 8.27. The number of rotatable bonds is 4. The summed E-state index contributed by atoms with van der Waals surface area (Å²) in [4.78, 5) is 14.2. The van der Waals surface area contributed by atoms with E-state index in [0.717, 1.165) is 26.1 Å². The van der Waals surface area contributed by atoms with Gasteiger partial charge in [0.25, 0.3) is 0 Å². The Morgan fingerprint density at radius 3 is 2.71 bits per heavy atom. The first kappa shape index (κ1) is 12.8. The summed E-state index contributed by atoms with van der Waals surface area (Å²) in [7, 11) is 0. The van der Waals surface area contributed by atoms with Gasteiger partial charge in [-0.05, 0) is 39.3 Å². The van der Waals surface area contributed by atoms with Gasteiger partial charge in [0.05, 0.1) is 25.2 Å². The molecule has 2 aliphatic rings. The van der Waals surface area contributed by atoms with Gasteiger partial charge in [0.15, 0.2) is 0 Å². The predicted molar refractivity (Wildman–Crippen MR) is 64.8 cm³/mol. The molecule has 0 aromatic carbocycles. The maximum Gasteiger partial charge on any atom is 0.307 e. The SMILES string of the molecule is CCOC(=O)CC1(N2CCCCC2)CCOC1. The molecule has 1 unspecified atom stereocenters. The number of hydrogen-bond donors (Lipinski definition) is 0. The Bertz CT molecular complexity index is 255. The van der Waals surface area contributed by atoms with Gasteiger partial charge in [-0.15, -0.1) is 0 Å². The first-order valence-electron chi connectivity index (χ1n) is 6.75. The molecule has 0 amide bonds. The highest BCUT2D eigenvalue weighted by Gasteiger charge is 2.42. The number of carbonyl (C=O) groups is 1.